The Kier molecular flexibility index (Phi) is 8.73. The number of hydrogen-bond acceptors (Lipinski definition) is 8. The number of piperazine rings is 1. The van der Waals surface area contributed by atoms with Crippen molar-refractivity contribution in [1.82, 2.24) is 19.8 Å². The molecule has 2 aromatic carbocycles. The second-order valence-electron chi connectivity index (χ2n) is 13.8. The first-order chi connectivity index (χ1) is 21.8. The van der Waals surface area contributed by atoms with Crippen molar-refractivity contribution in [3.63, 3.8) is 0 Å². The van der Waals surface area contributed by atoms with E-state index in [0.717, 1.165) is 52.9 Å². The molecule has 0 bridgehead atoms. The largest absolute Gasteiger partial charge is 0.508 e. The average molecular weight is 637 g/mol. The van der Waals surface area contributed by atoms with Crippen LogP contribution in [-0.2, 0) is 17.8 Å². The summed E-state index contributed by atoms with van der Waals surface area (Å²) in [5, 5.41) is 12.6. The molecule has 1 N–H and O–H groups in total. The van der Waals surface area contributed by atoms with Crippen molar-refractivity contribution < 1.29 is 23.4 Å². The highest BCUT2D eigenvalue weighted by atomic mass is 19.3. The fourth-order valence-corrected chi connectivity index (χ4v) is 7.56. The van der Waals surface area contributed by atoms with Gasteiger partial charge in [0.05, 0.1) is 17.8 Å². The van der Waals surface area contributed by atoms with Gasteiger partial charge in [-0.2, -0.15) is 18.7 Å². The molecule has 248 valence electrons. The number of amides is 1. The molecule has 2 atom stereocenters. The summed E-state index contributed by atoms with van der Waals surface area (Å²) in [6.07, 6.45) is 2.95. The van der Waals surface area contributed by atoms with Gasteiger partial charge in [-0.05, 0) is 63.9 Å². The van der Waals surface area contributed by atoms with E-state index >= 15 is 0 Å². The topological polar surface area (TPSA) is 85.3 Å². The number of carbonyl (C=O) groups excluding carboxylic acids is 1. The van der Waals surface area contributed by atoms with Crippen LogP contribution in [0.5, 0.6) is 11.8 Å². The van der Waals surface area contributed by atoms with E-state index < -0.39 is 11.8 Å². The van der Waals surface area contributed by atoms with Crippen LogP contribution >= 0.6 is 0 Å². The standard InChI is InChI=1S/C35H46F2N6O3/c1-23(2)43-13-8-9-24(3)34(43,4)22-46-33-38-29-21-42(30-20-26(44)19-25-10-6-7-11-27(25)30)14-12-28(29)31(39-33)40-15-17-41(18-16-40)32(45)35(5,36)37/h6-7,10-11,19-20,23-24,44H,8-9,12-18,21-22H2,1-5H3/t24?,34-/m1/s1. The van der Waals surface area contributed by atoms with E-state index in [4.69, 9.17) is 14.7 Å². The molecule has 6 rings (SSSR count). The van der Waals surface area contributed by atoms with Gasteiger partial charge in [-0.25, -0.2) is 0 Å². The highest BCUT2D eigenvalue weighted by Gasteiger charge is 2.43. The Bertz CT molecular complexity index is 1590. The number of carbonyl (C=O) groups is 1. The Morgan fingerprint density at radius 1 is 1.09 bits per heavy atom. The van der Waals surface area contributed by atoms with E-state index in [2.05, 4.69) is 48.5 Å². The molecule has 1 aromatic heterocycles. The molecular formula is C35H46F2N6O3. The monoisotopic (exact) mass is 636 g/mol. The highest BCUT2D eigenvalue weighted by Crippen LogP contribution is 2.38. The third-order valence-corrected chi connectivity index (χ3v) is 10.3. The molecule has 1 amide bonds. The lowest BCUT2D eigenvalue weighted by Gasteiger charge is -2.50. The van der Waals surface area contributed by atoms with Crippen LogP contribution < -0.4 is 14.5 Å². The van der Waals surface area contributed by atoms with Gasteiger partial charge in [0, 0.05) is 68.4 Å². The smallest absolute Gasteiger partial charge is 0.322 e. The normalized spacial score (nSPS) is 22.8. The Labute approximate surface area is 270 Å². The number of piperidine rings is 1. The van der Waals surface area contributed by atoms with Crippen LogP contribution in [0.4, 0.5) is 20.3 Å². The van der Waals surface area contributed by atoms with Crippen LogP contribution in [-0.4, -0.2) is 94.2 Å². The molecule has 0 spiro atoms. The maximum atomic E-state index is 13.8. The first-order valence-corrected chi connectivity index (χ1v) is 16.5. The average Bonchev–Trinajstić information content (AvgIpc) is 3.03. The number of phenols is 1. The Morgan fingerprint density at radius 2 is 1.83 bits per heavy atom. The number of anilines is 2. The maximum absolute atomic E-state index is 13.8. The van der Waals surface area contributed by atoms with E-state index in [1.54, 1.807) is 12.1 Å². The number of likely N-dealkylation sites (tertiary alicyclic amines) is 1. The number of benzene rings is 2. The van der Waals surface area contributed by atoms with Crippen molar-refractivity contribution >= 4 is 28.2 Å². The van der Waals surface area contributed by atoms with Gasteiger partial charge >= 0.3 is 11.9 Å². The van der Waals surface area contributed by atoms with Gasteiger partial charge in [-0.15, -0.1) is 0 Å². The minimum absolute atomic E-state index is 0.185. The third kappa shape index (κ3) is 6.18. The van der Waals surface area contributed by atoms with Gasteiger partial charge in [0.1, 0.15) is 18.2 Å². The molecule has 3 aliphatic rings. The predicted molar refractivity (Wildman–Crippen MR) is 176 cm³/mol. The van der Waals surface area contributed by atoms with Crippen LogP contribution in [0.3, 0.4) is 0 Å². The van der Waals surface area contributed by atoms with Gasteiger partial charge in [0.25, 0.3) is 5.91 Å². The van der Waals surface area contributed by atoms with E-state index in [1.807, 2.05) is 18.2 Å². The molecule has 4 heterocycles. The molecule has 2 saturated heterocycles. The zero-order valence-corrected chi connectivity index (χ0v) is 27.6. The fraction of sp³-hybridized carbons (Fsp3) is 0.571. The minimum Gasteiger partial charge on any atom is -0.508 e. The first-order valence-electron chi connectivity index (χ1n) is 16.5. The van der Waals surface area contributed by atoms with E-state index in [1.165, 1.54) is 4.90 Å². The summed E-state index contributed by atoms with van der Waals surface area (Å²) in [5.74, 6) is -3.15. The van der Waals surface area contributed by atoms with Crippen LogP contribution in [0.25, 0.3) is 10.8 Å². The molecule has 0 saturated carbocycles. The van der Waals surface area contributed by atoms with Gasteiger partial charge < -0.3 is 24.5 Å². The summed E-state index contributed by atoms with van der Waals surface area (Å²) in [4.78, 5) is 30.3. The van der Waals surface area contributed by atoms with Gasteiger partial charge in [0.15, 0.2) is 0 Å². The zero-order chi connectivity index (χ0) is 32.8. The fourth-order valence-electron chi connectivity index (χ4n) is 7.56. The quantitative estimate of drug-likeness (QED) is 0.365. The zero-order valence-electron chi connectivity index (χ0n) is 27.6. The second-order valence-corrected chi connectivity index (χ2v) is 13.8. The molecule has 46 heavy (non-hydrogen) atoms. The van der Waals surface area contributed by atoms with Crippen molar-refractivity contribution in [2.24, 2.45) is 5.92 Å². The maximum Gasteiger partial charge on any atom is 0.322 e. The summed E-state index contributed by atoms with van der Waals surface area (Å²) in [6, 6.07) is 12.3. The number of aromatic hydroxyl groups is 1. The molecule has 1 unspecified atom stereocenters. The Morgan fingerprint density at radius 3 is 2.54 bits per heavy atom. The lowest BCUT2D eigenvalue weighted by atomic mass is 9.78. The minimum atomic E-state index is -3.40. The number of nitrogens with zero attached hydrogens (tertiary/aromatic N) is 6. The Balaban J connectivity index is 1.32. The molecule has 11 heteroatoms. The van der Waals surface area contributed by atoms with Crippen molar-refractivity contribution in [3.05, 3.63) is 47.7 Å². The lowest BCUT2D eigenvalue weighted by molar-refractivity contribution is -0.155. The van der Waals surface area contributed by atoms with Gasteiger partial charge in [-0.3, -0.25) is 9.69 Å². The number of hydrogen-bond donors (Lipinski definition) is 1. The van der Waals surface area contributed by atoms with Crippen LogP contribution in [0, 0.1) is 5.92 Å². The summed E-state index contributed by atoms with van der Waals surface area (Å²) in [7, 11) is 0. The molecule has 3 aromatic rings. The Hall–Kier alpha value is -3.73. The third-order valence-electron chi connectivity index (χ3n) is 10.3. The van der Waals surface area contributed by atoms with E-state index in [9.17, 15) is 18.7 Å². The molecule has 0 radical (unpaired) electrons. The SMILES string of the molecule is CC(C)N1CCCC(C)[C@@]1(C)COc1nc2c(c(N3CCN(C(=O)C(C)(F)F)CC3)n1)CCN(c1cc(O)cc3ccccc13)C2. The number of alkyl halides is 2. The van der Waals surface area contributed by atoms with E-state index in [-0.39, 0.29) is 24.4 Å². The second kappa shape index (κ2) is 12.5. The molecule has 3 aliphatic heterocycles. The molecule has 9 nitrogen and oxygen atoms in total. The first kappa shape index (κ1) is 32.2. The number of rotatable bonds is 7. The van der Waals surface area contributed by atoms with Crippen molar-refractivity contribution in [1.29, 1.82) is 0 Å². The number of aromatic nitrogens is 2. The van der Waals surface area contributed by atoms with Crippen molar-refractivity contribution in [3.8, 4) is 11.8 Å². The predicted octanol–water partition coefficient (Wildman–Crippen LogP) is 5.48. The number of halogens is 2. The summed E-state index contributed by atoms with van der Waals surface area (Å²) < 4.78 is 34.1. The number of fused-ring (bicyclic) bond motifs is 2. The van der Waals surface area contributed by atoms with Crippen LogP contribution in [0.15, 0.2) is 36.4 Å². The molecule has 2 fully saturated rings. The van der Waals surface area contributed by atoms with Gasteiger partial charge in [0.2, 0.25) is 0 Å². The highest BCUT2D eigenvalue weighted by molar-refractivity contribution is 5.95. The summed E-state index contributed by atoms with van der Waals surface area (Å²) >= 11 is 0. The summed E-state index contributed by atoms with van der Waals surface area (Å²) in [6.45, 7) is 13.5. The summed E-state index contributed by atoms with van der Waals surface area (Å²) in [5.41, 5.74) is 2.61. The number of phenolic OH excluding ortho intramolecular Hbond substituents is 1. The van der Waals surface area contributed by atoms with Crippen LogP contribution in [0.2, 0.25) is 0 Å². The van der Waals surface area contributed by atoms with Crippen molar-refractivity contribution in [2.45, 2.75) is 77.9 Å². The van der Waals surface area contributed by atoms with Crippen molar-refractivity contribution in [2.75, 3.05) is 55.7 Å². The van der Waals surface area contributed by atoms with Gasteiger partial charge in [-0.1, -0.05) is 31.2 Å². The van der Waals surface area contributed by atoms with Crippen LogP contribution in [0.1, 0.15) is 58.7 Å². The number of ether oxygens (including phenoxy) is 1. The lowest BCUT2D eigenvalue weighted by Crippen LogP contribution is -2.60. The molecular weight excluding hydrogens is 590 g/mol. The molecule has 0 aliphatic carbocycles. The van der Waals surface area contributed by atoms with E-state index in [0.29, 0.717) is 64.1 Å².